The van der Waals surface area contributed by atoms with E-state index in [4.69, 9.17) is 14.7 Å². The van der Waals surface area contributed by atoms with Gasteiger partial charge in [0, 0.05) is 36.6 Å². The molecule has 4 heterocycles. The quantitative estimate of drug-likeness (QED) is 0.671. The van der Waals surface area contributed by atoms with E-state index >= 15 is 0 Å². The molecule has 0 radical (unpaired) electrons. The van der Waals surface area contributed by atoms with Gasteiger partial charge in [0.15, 0.2) is 5.65 Å². The summed E-state index contributed by atoms with van der Waals surface area (Å²) in [7, 11) is 1.70. The number of nitrogens with zero attached hydrogens (tertiary/aromatic N) is 4. The molecule has 0 spiro atoms. The summed E-state index contributed by atoms with van der Waals surface area (Å²) >= 11 is 1.67. The molecule has 3 aromatic rings. The van der Waals surface area contributed by atoms with Gasteiger partial charge in [-0.05, 0) is 36.3 Å². The lowest BCUT2D eigenvalue weighted by atomic mass is 10.0. The molecule has 1 aromatic carbocycles. The molecule has 0 aliphatic carbocycles. The van der Waals surface area contributed by atoms with Crippen LogP contribution in [0, 0.1) is 11.8 Å². The van der Waals surface area contributed by atoms with E-state index < -0.39 is 0 Å². The van der Waals surface area contributed by atoms with E-state index in [9.17, 15) is 0 Å². The highest BCUT2D eigenvalue weighted by molar-refractivity contribution is 7.98. The van der Waals surface area contributed by atoms with E-state index in [0.29, 0.717) is 17.5 Å². The normalized spacial score (nSPS) is 21.8. The molecule has 2 atom stereocenters. The van der Waals surface area contributed by atoms with Crippen molar-refractivity contribution in [2.24, 2.45) is 11.8 Å². The van der Waals surface area contributed by atoms with Crippen molar-refractivity contribution in [1.82, 2.24) is 25.3 Å². The largest absolute Gasteiger partial charge is 0.496 e. The number of aromatic amines is 1. The minimum absolute atomic E-state index is 0.691. The van der Waals surface area contributed by atoms with E-state index in [2.05, 4.69) is 32.5 Å². The van der Waals surface area contributed by atoms with Gasteiger partial charge in [-0.25, -0.2) is 9.97 Å². The lowest BCUT2D eigenvalue weighted by molar-refractivity contribution is 0.405. The summed E-state index contributed by atoms with van der Waals surface area (Å²) < 4.78 is 5.46. The summed E-state index contributed by atoms with van der Waals surface area (Å²) in [6.07, 6.45) is 3.74. The number of thioether (sulfide) groups is 1. The van der Waals surface area contributed by atoms with Crippen molar-refractivity contribution in [2.45, 2.75) is 4.90 Å². The van der Waals surface area contributed by atoms with Crippen LogP contribution in [0.4, 0.5) is 5.95 Å². The van der Waals surface area contributed by atoms with Crippen LogP contribution >= 0.6 is 11.8 Å². The Kier molecular flexibility index (Phi) is 4.17. The Morgan fingerprint density at radius 2 is 2.00 bits per heavy atom. The number of hydrogen-bond acceptors (Lipinski definition) is 7. The molecular formula is C19H22N6OS. The van der Waals surface area contributed by atoms with Crippen molar-refractivity contribution in [1.29, 1.82) is 0 Å². The molecule has 8 heteroatoms. The molecule has 0 bridgehead atoms. The van der Waals surface area contributed by atoms with Crippen LogP contribution in [0.3, 0.4) is 0 Å². The van der Waals surface area contributed by atoms with Crippen LogP contribution in [0.5, 0.6) is 5.75 Å². The fraction of sp³-hybridized carbons (Fsp3) is 0.421. The van der Waals surface area contributed by atoms with Gasteiger partial charge in [-0.15, -0.1) is 11.8 Å². The monoisotopic (exact) mass is 382 g/mol. The van der Waals surface area contributed by atoms with E-state index in [1.807, 2.05) is 12.1 Å². The third-order valence-corrected chi connectivity index (χ3v) is 6.36. The van der Waals surface area contributed by atoms with Gasteiger partial charge in [-0.1, -0.05) is 0 Å². The zero-order valence-corrected chi connectivity index (χ0v) is 16.2. The summed E-state index contributed by atoms with van der Waals surface area (Å²) in [5.74, 6) is 3.04. The van der Waals surface area contributed by atoms with Crippen LogP contribution in [0.15, 0.2) is 29.4 Å². The second-order valence-corrected chi connectivity index (χ2v) is 7.97. The van der Waals surface area contributed by atoms with E-state index in [1.165, 1.54) is 0 Å². The molecule has 2 saturated heterocycles. The number of imidazole rings is 1. The predicted octanol–water partition coefficient (Wildman–Crippen LogP) is 2.41. The lowest BCUT2D eigenvalue weighted by Crippen LogP contribution is -2.27. The lowest BCUT2D eigenvalue weighted by Gasteiger charge is -2.18. The maximum Gasteiger partial charge on any atom is 0.228 e. The first-order valence-electron chi connectivity index (χ1n) is 9.16. The molecule has 0 saturated carbocycles. The SMILES string of the molecule is COc1ccc(-c2nc(N3CC4CNCC4C3)nc3nc[nH]c23)cc1SC. The fourth-order valence-electron chi connectivity index (χ4n) is 4.17. The summed E-state index contributed by atoms with van der Waals surface area (Å²) in [5.41, 5.74) is 3.52. The van der Waals surface area contributed by atoms with Gasteiger partial charge >= 0.3 is 0 Å². The van der Waals surface area contributed by atoms with Gasteiger partial charge in [0.2, 0.25) is 5.95 Å². The summed E-state index contributed by atoms with van der Waals surface area (Å²) in [5, 5.41) is 3.48. The molecule has 2 aliphatic heterocycles. The number of aromatic nitrogens is 4. The standard InChI is InChI=1S/C19H22N6OS/c1-26-14-4-3-11(5-15(14)27-2)16-17-18(22-10-21-17)24-19(23-16)25-8-12-6-20-7-13(12)9-25/h3-5,10,12-13,20H,6-9H2,1-2H3,(H,21,22,23,24). The first-order valence-corrected chi connectivity index (χ1v) is 10.4. The van der Waals surface area contributed by atoms with Crippen LogP contribution in [0.1, 0.15) is 0 Å². The molecule has 27 heavy (non-hydrogen) atoms. The van der Waals surface area contributed by atoms with Crippen molar-refractivity contribution in [3.05, 3.63) is 24.5 Å². The number of nitrogens with one attached hydrogen (secondary N) is 2. The zero-order valence-electron chi connectivity index (χ0n) is 15.4. The third kappa shape index (κ3) is 2.83. The zero-order chi connectivity index (χ0) is 18.4. The molecule has 7 nitrogen and oxygen atoms in total. The number of rotatable bonds is 4. The Morgan fingerprint density at radius 3 is 2.74 bits per heavy atom. The van der Waals surface area contributed by atoms with E-state index in [1.54, 1.807) is 25.2 Å². The summed E-state index contributed by atoms with van der Waals surface area (Å²) in [6.45, 7) is 4.19. The highest BCUT2D eigenvalue weighted by Gasteiger charge is 2.37. The molecule has 2 unspecified atom stereocenters. The third-order valence-electron chi connectivity index (χ3n) is 5.60. The first-order chi connectivity index (χ1) is 13.3. The Bertz CT molecular complexity index is 977. The maximum atomic E-state index is 5.46. The minimum atomic E-state index is 0.691. The number of ether oxygens (including phenoxy) is 1. The average molecular weight is 382 g/mol. The highest BCUT2D eigenvalue weighted by atomic mass is 32.2. The molecule has 0 amide bonds. The van der Waals surface area contributed by atoms with Crippen LogP contribution in [0.25, 0.3) is 22.4 Å². The Morgan fingerprint density at radius 1 is 1.19 bits per heavy atom. The second kappa shape index (κ2) is 6.69. The van der Waals surface area contributed by atoms with Crippen LogP contribution in [-0.2, 0) is 0 Å². The van der Waals surface area contributed by atoms with E-state index in [-0.39, 0.29) is 0 Å². The molecule has 2 fully saturated rings. The van der Waals surface area contributed by atoms with Crippen LogP contribution < -0.4 is 15.0 Å². The topological polar surface area (TPSA) is 79.0 Å². The minimum Gasteiger partial charge on any atom is -0.496 e. The predicted molar refractivity (Wildman–Crippen MR) is 108 cm³/mol. The number of H-pyrrole nitrogens is 1. The van der Waals surface area contributed by atoms with E-state index in [0.717, 1.165) is 59.5 Å². The summed E-state index contributed by atoms with van der Waals surface area (Å²) in [4.78, 5) is 20.7. The number of methoxy groups -OCH3 is 1. The number of benzene rings is 1. The van der Waals surface area contributed by atoms with Crippen molar-refractivity contribution in [3.63, 3.8) is 0 Å². The number of fused-ring (bicyclic) bond motifs is 2. The maximum absolute atomic E-state index is 5.46. The molecule has 2 aliphatic rings. The summed E-state index contributed by atoms with van der Waals surface area (Å²) in [6, 6.07) is 6.17. The van der Waals surface area contributed by atoms with Gasteiger partial charge < -0.3 is 19.9 Å². The fourth-order valence-corrected chi connectivity index (χ4v) is 4.77. The van der Waals surface area contributed by atoms with Crippen LogP contribution in [-0.4, -0.2) is 59.5 Å². The van der Waals surface area contributed by atoms with Crippen molar-refractivity contribution in [3.8, 4) is 17.0 Å². The first kappa shape index (κ1) is 16.8. The molecule has 5 rings (SSSR count). The van der Waals surface area contributed by atoms with Crippen molar-refractivity contribution < 1.29 is 4.74 Å². The van der Waals surface area contributed by atoms with Gasteiger partial charge in [0.25, 0.3) is 0 Å². The smallest absolute Gasteiger partial charge is 0.228 e. The van der Waals surface area contributed by atoms with Gasteiger partial charge in [0.1, 0.15) is 17.0 Å². The second-order valence-electron chi connectivity index (χ2n) is 7.13. The molecular weight excluding hydrogens is 360 g/mol. The Hall–Kier alpha value is -2.32. The van der Waals surface area contributed by atoms with Crippen molar-refractivity contribution >= 4 is 28.9 Å². The molecule has 2 N–H and O–H groups in total. The molecule has 140 valence electrons. The van der Waals surface area contributed by atoms with Gasteiger partial charge in [0.05, 0.1) is 13.4 Å². The highest BCUT2D eigenvalue weighted by Crippen LogP contribution is 2.35. The van der Waals surface area contributed by atoms with Crippen LogP contribution in [0.2, 0.25) is 0 Å². The Labute approximate surface area is 161 Å². The molecule has 2 aromatic heterocycles. The number of hydrogen-bond donors (Lipinski definition) is 2. The number of anilines is 1. The Balaban J connectivity index is 1.59. The van der Waals surface area contributed by atoms with Gasteiger partial charge in [-0.2, -0.15) is 4.98 Å². The van der Waals surface area contributed by atoms with Gasteiger partial charge in [-0.3, -0.25) is 0 Å². The average Bonchev–Trinajstić information content (AvgIpc) is 3.41. The van der Waals surface area contributed by atoms with Crippen molar-refractivity contribution in [2.75, 3.05) is 44.4 Å².